The molecule has 3 aromatic carbocycles. The van der Waals surface area contributed by atoms with Gasteiger partial charge in [-0.3, -0.25) is 4.79 Å². The molecular weight excluding hydrogens is 493 g/mol. The molecule has 0 fully saturated rings. The van der Waals surface area contributed by atoms with Crippen molar-refractivity contribution in [3.63, 3.8) is 0 Å². The standard InChI is InChI=1S/C23H20ClF3N2O4S/c1-33-20-10-7-16(22(30)29-19-14-17(23(25,26)27)8-9-18(19)24)13-21(20)34(31,32)28-12-11-15-5-3-2-4-6-15/h2-10,13-14,28H,11-12H2,1H3,(H,29,30). The average Bonchev–Trinajstić information content (AvgIpc) is 2.80. The summed E-state index contributed by atoms with van der Waals surface area (Å²) >= 11 is 5.93. The maximum Gasteiger partial charge on any atom is 0.416 e. The fraction of sp³-hybridized carbons (Fsp3) is 0.174. The molecule has 0 saturated carbocycles. The number of alkyl halides is 3. The van der Waals surface area contributed by atoms with Crippen LogP contribution in [0.5, 0.6) is 5.75 Å². The molecule has 0 unspecified atom stereocenters. The normalized spacial score (nSPS) is 11.8. The molecule has 34 heavy (non-hydrogen) atoms. The smallest absolute Gasteiger partial charge is 0.416 e. The summed E-state index contributed by atoms with van der Waals surface area (Å²) < 4.78 is 72.3. The van der Waals surface area contributed by atoms with Crippen LogP contribution in [0.25, 0.3) is 0 Å². The summed E-state index contributed by atoms with van der Waals surface area (Å²) in [6.45, 7) is 0.103. The minimum atomic E-state index is -4.63. The van der Waals surface area contributed by atoms with Crippen LogP contribution in [-0.4, -0.2) is 28.0 Å². The topological polar surface area (TPSA) is 84.5 Å². The van der Waals surface area contributed by atoms with Crippen molar-refractivity contribution in [2.45, 2.75) is 17.5 Å². The molecule has 0 heterocycles. The number of hydrogen-bond donors (Lipinski definition) is 2. The lowest BCUT2D eigenvalue weighted by Gasteiger charge is -2.14. The third-order valence-electron chi connectivity index (χ3n) is 4.81. The van der Waals surface area contributed by atoms with Crippen molar-refractivity contribution in [3.8, 4) is 5.75 Å². The van der Waals surface area contributed by atoms with Crippen LogP contribution in [0.1, 0.15) is 21.5 Å². The molecule has 11 heteroatoms. The van der Waals surface area contributed by atoms with Gasteiger partial charge in [0.05, 0.1) is 23.4 Å². The van der Waals surface area contributed by atoms with E-state index in [1.807, 2.05) is 30.3 Å². The van der Waals surface area contributed by atoms with Crippen LogP contribution < -0.4 is 14.8 Å². The molecule has 0 aliphatic rings. The molecule has 3 aromatic rings. The molecule has 0 aliphatic heterocycles. The zero-order valence-corrected chi connectivity index (χ0v) is 19.4. The summed E-state index contributed by atoms with van der Waals surface area (Å²) in [7, 11) is -2.79. The number of sulfonamides is 1. The second-order valence-corrected chi connectivity index (χ2v) is 9.29. The van der Waals surface area contributed by atoms with Crippen molar-refractivity contribution in [2.75, 3.05) is 19.0 Å². The lowest BCUT2D eigenvalue weighted by molar-refractivity contribution is -0.137. The van der Waals surface area contributed by atoms with Gasteiger partial charge in [-0.05, 0) is 48.4 Å². The van der Waals surface area contributed by atoms with Gasteiger partial charge in [0.2, 0.25) is 10.0 Å². The molecule has 0 radical (unpaired) electrons. The van der Waals surface area contributed by atoms with Crippen LogP contribution in [0.4, 0.5) is 18.9 Å². The molecular formula is C23H20ClF3N2O4S. The van der Waals surface area contributed by atoms with E-state index in [2.05, 4.69) is 10.0 Å². The molecule has 0 saturated heterocycles. The maximum atomic E-state index is 13.0. The highest BCUT2D eigenvalue weighted by Gasteiger charge is 2.31. The van der Waals surface area contributed by atoms with Crippen molar-refractivity contribution in [2.24, 2.45) is 0 Å². The predicted molar refractivity (Wildman–Crippen MR) is 123 cm³/mol. The number of carbonyl (C=O) groups is 1. The van der Waals surface area contributed by atoms with E-state index in [-0.39, 0.29) is 33.5 Å². The Morgan fingerprint density at radius 1 is 1.03 bits per heavy atom. The molecule has 0 atom stereocenters. The van der Waals surface area contributed by atoms with Crippen LogP contribution in [0.2, 0.25) is 5.02 Å². The largest absolute Gasteiger partial charge is 0.495 e. The summed E-state index contributed by atoms with van der Waals surface area (Å²) in [5.41, 5.74) is -0.434. The van der Waals surface area contributed by atoms with Gasteiger partial charge in [0, 0.05) is 12.1 Å². The third-order valence-corrected chi connectivity index (χ3v) is 6.62. The first kappa shape index (κ1) is 25.5. The van der Waals surface area contributed by atoms with E-state index in [1.165, 1.54) is 19.2 Å². The van der Waals surface area contributed by atoms with E-state index in [9.17, 15) is 26.4 Å². The highest BCUT2D eigenvalue weighted by molar-refractivity contribution is 7.89. The fourth-order valence-corrected chi connectivity index (χ4v) is 4.46. The van der Waals surface area contributed by atoms with E-state index in [4.69, 9.17) is 16.3 Å². The highest BCUT2D eigenvalue weighted by atomic mass is 35.5. The Morgan fingerprint density at radius 3 is 2.38 bits per heavy atom. The summed E-state index contributed by atoms with van der Waals surface area (Å²) in [6.07, 6.45) is -4.19. The Kier molecular flexibility index (Phi) is 7.86. The Balaban J connectivity index is 1.82. The second-order valence-electron chi connectivity index (χ2n) is 7.15. The monoisotopic (exact) mass is 512 g/mol. The van der Waals surface area contributed by atoms with Gasteiger partial charge in [-0.15, -0.1) is 0 Å². The van der Waals surface area contributed by atoms with Crippen molar-refractivity contribution in [1.82, 2.24) is 4.72 Å². The number of carbonyl (C=O) groups excluding carboxylic acids is 1. The zero-order chi connectivity index (χ0) is 24.9. The van der Waals surface area contributed by atoms with Crippen LogP contribution in [-0.2, 0) is 22.6 Å². The number of anilines is 1. The Bertz CT molecular complexity index is 1280. The fourth-order valence-electron chi connectivity index (χ4n) is 3.07. The van der Waals surface area contributed by atoms with Gasteiger partial charge in [0.25, 0.3) is 5.91 Å². The van der Waals surface area contributed by atoms with Gasteiger partial charge in [-0.1, -0.05) is 41.9 Å². The average molecular weight is 513 g/mol. The molecule has 1 amide bonds. The molecule has 180 valence electrons. The molecule has 0 bridgehead atoms. The van der Waals surface area contributed by atoms with E-state index < -0.39 is 27.7 Å². The SMILES string of the molecule is COc1ccc(C(=O)Nc2cc(C(F)(F)F)ccc2Cl)cc1S(=O)(=O)NCCc1ccccc1. The molecule has 2 N–H and O–H groups in total. The number of nitrogens with one attached hydrogen (secondary N) is 2. The third kappa shape index (κ3) is 6.28. The lowest BCUT2D eigenvalue weighted by Crippen LogP contribution is -2.27. The Labute approximate surface area is 199 Å². The van der Waals surface area contributed by atoms with Gasteiger partial charge < -0.3 is 10.1 Å². The van der Waals surface area contributed by atoms with Crippen molar-refractivity contribution in [1.29, 1.82) is 0 Å². The first-order valence-electron chi connectivity index (χ1n) is 9.91. The number of hydrogen-bond acceptors (Lipinski definition) is 4. The van der Waals surface area contributed by atoms with Gasteiger partial charge in [-0.2, -0.15) is 13.2 Å². The minimum Gasteiger partial charge on any atom is -0.495 e. The number of amides is 1. The number of ether oxygens (including phenoxy) is 1. The van der Waals surface area contributed by atoms with Crippen molar-refractivity contribution < 1.29 is 31.1 Å². The second kappa shape index (κ2) is 10.5. The van der Waals surface area contributed by atoms with Crippen molar-refractivity contribution in [3.05, 3.63) is 88.4 Å². The number of methoxy groups -OCH3 is 1. The van der Waals surface area contributed by atoms with Crippen LogP contribution >= 0.6 is 11.6 Å². The van der Waals surface area contributed by atoms with Crippen LogP contribution in [0.3, 0.4) is 0 Å². The first-order valence-corrected chi connectivity index (χ1v) is 11.8. The van der Waals surface area contributed by atoms with Crippen molar-refractivity contribution >= 4 is 33.2 Å². The minimum absolute atomic E-state index is 0.000798. The highest BCUT2D eigenvalue weighted by Crippen LogP contribution is 2.34. The molecule has 0 aromatic heterocycles. The Hall–Kier alpha value is -3.08. The Morgan fingerprint density at radius 2 is 1.74 bits per heavy atom. The molecule has 6 nitrogen and oxygen atoms in total. The van der Waals surface area contributed by atoms with Gasteiger partial charge in [0.1, 0.15) is 10.6 Å². The molecule has 0 spiro atoms. The van der Waals surface area contributed by atoms with E-state index >= 15 is 0 Å². The molecule has 3 rings (SSSR count). The summed E-state index contributed by atoms with van der Waals surface area (Å²) in [5, 5.41) is 2.19. The molecule has 0 aliphatic carbocycles. The summed E-state index contributed by atoms with van der Waals surface area (Å²) in [6, 6.07) is 15.4. The predicted octanol–water partition coefficient (Wildman–Crippen LogP) is 5.14. The first-order chi connectivity index (χ1) is 16.0. The summed E-state index contributed by atoms with van der Waals surface area (Å²) in [5.74, 6) is -0.842. The van der Waals surface area contributed by atoms with Gasteiger partial charge >= 0.3 is 6.18 Å². The van der Waals surface area contributed by atoms with Crippen LogP contribution in [0.15, 0.2) is 71.6 Å². The lowest BCUT2D eigenvalue weighted by atomic mass is 10.1. The van der Waals surface area contributed by atoms with E-state index in [0.29, 0.717) is 12.5 Å². The van der Waals surface area contributed by atoms with Gasteiger partial charge in [-0.25, -0.2) is 13.1 Å². The number of benzene rings is 3. The van der Waals surface area contributed by atoms with E-state index in [0.717, 1.165) is 23.8 Å². The van der Waals surface area contributed by atoms with E-state index in [1.54, 1.807) is 0 Å². The number of rotatable bonds is 8. The quantitative estimate of drug-likeness (QED) is 0.437. The van der Waals surface area contributed by atoms with Crippen LogP contribution in [0, 0.1) is 0 Å². The number of halogens is 4. The zero-order valence-electron chi connectivity index (χ0n) is 17.8. The summed E-state index contributed by atoms with van der Waals surface area (Å²) in [4.78, 5) is 12.4. The maximum absolute atomic E-state index is 13.0. The van der Waals surface area contributed by atoms with Gasteiger partial charge in [0.15, 0.2) is 0 Å².